The Morgan fingerprint density at radius 3 is 2.70 bits per heavy atom. The number of nitrogens with zero attached hydrogens (tertiary/aromatic N) is 5. The Hall–Kier alpha value is -3.04. The van der Waals surface area contributed by atoms with Crippen LogP contribution in [0.25, 0.3) is 21.6 Å². The molecule has 0 N–H and O–H groups in total. The van der Waals surface area contributed by atoms with Gasteiger partial charge in [0.05, 0.1) is 28.8 Å². The number of pyridine rings is 2. The van der Waals surface area contributed by atoms with Crippen LogP contribution >= 0.6 is 0 Å². The summed E-state index contributed by atoms with van der Waals surface area (Å²) in [6.07, 6.45) is 6.96. The molecule has 0 saturated carbocycles. The van der Waals surface area contributed by atoms with Gasteiger partial charge in [-0.15, -0.1) is 4.98 Å². The zero-order valence-corrected chi connectivity index (χ0v) is 15.4. The standard InChI is InChI=1S/C21H21N5O/c1-15-20(18(27)14-25-11-4-3-5-12-25)21-17(7-6-10-23-21)26(15)16-8-9-19(22-2)24-13-16/h6-10,13H,3-5,11-12,14H2,1H3. The highest BCUT2D eigenvalue weighted by Crippen LogP contribution is 2.28. The van der Waals surface area contributed by atoms with Crippen molar-refractivity contribution in [1.82, 2.24) is 19.4 Å². The maximum absolute atomic E-state index is 13.1. The SMILES string of the molecule is [C-]#[N+]c1ccc(-n2c(C)c(C(=O)CN3CCCCC3)c3ncccc32)cn1. The molecule has 27 heavy (non-hydrogen) atoms. The lowest BCUT2D eigenvalue weighted by atomic mass is 10.1. The molecule has 0 bridgehead atoms. The fourth-order valence-corrected chi connectivity index (χ4v) is 3.88. The highest BCUT2D eigenvalue weighted by molar-refractivity contribution is 6.09. The number of fused-ring (bicyclic) bond motifs is 1. The van der Waals surface area contributed by atoms with Gasteiger partial charge in [0.1, 0.15) is 6.20 Å². The molecule has 0 aliphatic carbocycles. The molecule has 1 fully saturated rings. The topological polar surface area (TPSA) is 55.4 Å². The summed E-state index contributed by atoms with van der Waals surface area (Å²) in [6.45, 7) is 11.4. The second-order valence-corrected chi connectivity index (χ2v) is 6.91. The van der Waals surface area contributed by atoms with E-state index in [9.17, 15) is 4.79 Å². The number of hydrogen-bond acceptors (Lipinski definition) is 4. The van der Waals surface area contributed by atoms with Crippen molar-refractivity contribution in [3.63, 3.8) is 0 Å². The molecule has 0 spiro atoms. The van der Waals surface area contributed by atoms with E-state index in [2.05, 4.69) is 19.7 Å². The Labute approximate surface area is 158 Å². The molecule has 1 saturated heterocycles. The van der Waals surface area contributed by atoms with E-state index in [1.165, 1.54) is 6.42 Å². The van der Waals surface area contributed by atoms with E-state index < -0.39 is 0 Å². The summed E-state index contributed by atoms with van der Waals surface area (Å²) in [4.78, 5) is 27.4. The third-order valence-corrected chi connectivity index (χ3v) is 5.16. The van der Waals surface area contributed by atoms with Gasteiger partial charge in [-0.1, -0.05) is 13.0 Å². The zero-order valence-electron chi connectivity index (χ0n) is 15.4. The second-order valence-electron chi connectivity index (χ2n) is 6.91. The summed E-state index contributed by atoms with van der Waals surface area (Å²) in [5.41, 5.74) is 3.99. The summed E-state index contributed by atoms with van der Waals surface area (Å²) in [6, 6.07) is 7.39. The van der Waals surface area contributed by atoms with Crippen LogP contribution in [0.1, 0.15) is 35.3 Å². The summed E-state index contributed by atoms with van der Waals surface area (Å²) >= 11 is 0. The number of rotatable bonds is 4. The number of carbonyl (C=O) groups is 1. The third-order valence-electron chi connectivity index (χ3n) is 5.16. The number of carbonyl (C=O) groups excluding carboxylic acids is 1. The molecule has 6 nitrogen and oxygen atoms in total. The van der Waals surface area contributed by atoms with Crippen molar-refractivity contribution in [3.8, 4) is 5.69 Å². The fraction of sp³-hybridized carbons (Fsp3) is 0.333. The number of ketones is 1. The number of hydrogen-bond donors (Lipinski definition) is 0. The minimum absolute atomic E-state index is 0.114. The molecule has 6 heteroatoms. The molecule has 136 valence electrons. The molecular weight excluding hydrogens is 338 g/mol. The largest absolute Gasteiger partial charge is 0.361 e. The van der Waals surface area contributed by atoms with Crippen LogP contribution in [0.15, 0.2) is 36.7 Å². The zero-order chi connectivity index (χ0) is 18.8. The van der Waals surface area contributed by atoms with Crippen molar-refractivity contribution < 1.29 is 4.79 Å². The van der Waals surface area contributed by atoms with Crippen LogP contribution in [0.3, 0.4) is 0 Å². The minimum Gasteiger partial charge on any atom is -0.361 e. The van der Waals surface area contributed by atoms with Crippen LogP contribution in [0.5, 0.6) is 0 Å². The molecule has 0 unspecified atom stereocenters. The average molecular weight is 359 g/mol. The first-order chi connectivity index (χ1) is 13.2. The monoisotopic (exact) mass is 359 g/mol. The van der Waals surface area contributed by atoms with Gasteiger partial charge in [-0.25, -0.2) is 0 Å². The second kappa shape index (κ2) is 7.29. The van der Waals surface area contributed by atoms with Gasteiger partial charge in [-0.3, -0.25) is 14.7 Å². The lowest BCUT2D eigenvalue weighted by Gasteiger charge is -2.25. The van der Waals surface area contributed by atoms with E-state index in [4.69, 9.17) is 6.57 Å². The number of piperidine rings is 1. The third kappa shape index (κ3) is 3.22. The minimum atomic E-state index is 0.114. The van der Waals surface area contributed by atoms with Gasteiger partial charge in [-0.2, -0.15) is 0 Å². The van der Waals surface area contributed by atoms with Crippen molar-refractivity contribution in [2.75, 3.05) is 19.6 Å². The van der Waals surface area contributed by atoms with Crippen molar-refractivity contribution >= 4 is 22.6 Å². The Morgan fingerprint density at radius 2 is 2.00 bits per heavy atom. The predicted octanol–water partition coefficient (Wildman–Crippen LogP) is 3.95. The quantitative estimate of drug-likeness (QED) is 0.523. The molecule has 0 atom stereocenters. The first kappa shape index (κ1) is 17.4. The highest BCUT2D eigenvalue weighted by Gasteiger charge is 2.24. The van der Waals surface area contributed by atoms with E-state index in [1.54, 1.807) is 18.5 Å². The van der Waals surface area contributed by atoms with Crippen LogP contribution in [0.4, 0.5) is 5.82 Å². The van der Waals surface area contributed by atoms with Gasteiger partial charge in [-0.05, 0) is 57.1 Å². The normalized spacial score (nSPS) is 15.0. The molecule has 3 aromatic heterocycles. The van der Waals surface area contributed by atoms with Gasteiger partial charge in [0, 0.05) is 11.9 Å². The first-order valence-electron chi connectivity index (χ1n) is 9.24. The lowest BCUT2D eigenvalue weighted by Crippen LogP contribution is -2.34. The van der Waals surface area contributed by atoms with Crippen LogP contribution in [0.2, 0.25) is 0 Å². The van der Waals surface area contributed by atoms with Gasteiger partial charge >= 0.3 is 0 Å². The van der Waals surface area contributed by atoms with Crippen LogP contribution in [0, 0.1) is 13.5 Å². The van der Waals surface area contributed by atoms with Crippen LogP contribution < -0.4 is 0 Å². The molecule has 3 aromatic rings. The van der Waals surface area contributed by atoms with E-state index in [1.807, 2.05) is 29.7 Å². The van der Waals surface area contributed by atoms with E-state index in [-0.39, 0.29) is 5.78 Å². The molecule has 1 aliphatic heterocycles. The Balaban J connectivity index is 1.78. The van der Waals surface area contributed by atoms with Gasteiger partial charge in [0.15, 0.2) is 5.78 Å². The van der Waals surface area contributed by atoms with Gasteiger partial charge in [0.25, 0.3) is 5.82 Å². The Bertz CT molecular complexity index is 1020. The Morgan fingerprint density at radius 1 is 1.19 bits per heavy atom. The van der Waals surface area contributed by atoms with Crippen molar-refractivity contribution in [2.24, 2.45) is 0 Å². The highest BCUT2D eigenvalue weighted by atomic mass is 16.1. The first-order valence-corrected chi connectivity index (χ1v) is 9.24. The summed E-state index contributed by atoms with van der Waals surface area (Å²) < 4.78 is 2.01. The summed E-state index contributed by atoms with van der Waals surface area (Å²) in [5.74, 6) is 0.468. The van der Waals surface area contributed by atoms with Crippen molar-refractivity contribution in [2.45, 2.75) is 26.2 Å². The molecule has 4 rings (SSSR count). The molecule has 0 radical (unpaired) electrons. The molecule has 0 amide bonds. The van der Waals surface area contributed by atoms with E-state index in [0.29, 0.717) is 17.9 Å². The predicted molar refractivity (Wildman–Crippen MR) is 104 cm³/mol. The average Bonchev–Trinajstić information content (AvgIpc) is 3.00. The van der Waals surface area contributed by atoms with Gasteiger partial charge in [0.2, 0.25) is 0 Å². The lowest BCUT2D eigenvalue weighted by molar-refractivity contribution is 0.0916. The maximum atomic E-state index is 13.1. The van der Waals surface area contributed by atoms with E-state index in [0.717, 1.165) is 48.3 Å². The fourth-order valence-electron chi connectivity index (χ4n) is 3.88. The molecular formula is C21H21N5O. The van der Waals surface area contributed by atoms with Crippen LogP contribution in [-0.4, -0.2) is 44.9 Å². The number of aromatic nitrogens is 3. The summed E-state index contributed by atoms with van der Waals surface area (Å²) in [7, 11) is 0. The molecule has 1 aliphatic rings. The number of Topliss-reactive ketones (excluding diaryl/α,β-unsaturated/α-hetero) is 1. The summed E-state index contributed by atoms with van der Waals surface area (Å²) in [5, 5.41) is 0. The van der Waals surface area contributed by atoms with Crippen LogP contribution in [-0.2, 0) is 0 Å². The van der Waals surface area contributed by atoms with E-state index >= 15 is 0 Å². The molecule has 4 heterocycles. The molecule has 0 aromatic carbocycles. The van der Waals surface area contributed by atoms with Gasteiger partial charge < -0.3 is 9.41 Å². The number of likely N-dealkylation sites (tertiary alicyclic amines) is 1. The smallest absolute Gasteiger partial charge is 0.269 e. The van der Waals surface area contributed by atoms with Crippen molar-refractivity contribution in [1.29, 1.82) is 0 Å². The Kier molecular flexibility index (Phi) is 4.69. The maximum Gasteiger partial charge on any atom is 0.269 e. The van der Waals surface area contributed by atoms with Crippen molar-refractivity contribution in [3.05, 3.63) is 59.3 Å².